The molecule has 6 heteroatoms. The molecule has 2 heterocycles. The number of hydrogen-bond donors (Lipinski definition) is 2. The molecule has 30 heavy (non-hydrogen) atoms. The molecule has 5 rings (SSSR count). The zero-order chi connectivity index (χ0) is 20.7. The van der Waals surface area contributed by atoms with E-state index < -0.39 is 6.30 Å². The minimum atomic E-state index is -0.876. The first kappa shape index (κ1) is 20.5. The summed E-state index contributed by atoms with van der Waals surface area (Å²) in [6.45, 7) is 3.05. The molecule has 0 spiro atoms. The zero-order valence-electron chi connectivity index (χ0n) is 18.2. The molecule has 0 aromatic carbocycles. The van der Waals surface area contributed by atoms with Gasteiger partial charge in [-0.1, -0.05) is 0 Å². The molecule has 1 aliphatic heterocycles. The van der Waals surface area contributed by atoms with Gasteiger partial charge in [-0.05, 0) is 94.3 Å². The molecule has 6 atom stereocenters. The lowest BCUT2D eigenvalue weighted by Gasteiger charge is -2.43. The molecule has 1 amide bonds. The second-order valence-electron chi connectivity index (χ2n) is 10.7. The van der Waals surface area contributed by atoms with Gasteiger partial charge in [-0.25, -0.2) is 9.37 Å². The summed E-state index contributed by atoms with van der Waals surface area (Å²) in [4.78, 5) is 17.6. The van der Waals surface area contributed by atoms with Gasteiger partial charge in [0.05, 0.1) is 6.33 Å². The van der Waals surface area contributed by atoms with E-state index in [2.05, 4.69) is 27.1 Å². The summed E-state index contributed by atoms with van der Waals surface area (Å²) in [6, 6.07) is 0.604. The van der Waals surface area contributed by atoms with Crippen LogP contribution in [0.25, 0.3) is 0 Å². The van der Waals surface area contributed by atoms with Crippen molar-refractivity contribution in [3.05, 3.63) is 18.7 Å². The quantitative estimate of drug-likeness (QED) is 0.663. The molecule has 1 aromatic heterocycles. The lowest BCUT2D eigenvalue weighted by atomic mass is 9.66. The highest BCUT2D eigenvalue weighted by molar-refractivity contribution is 5.79. The average molecular weight is 417 g/mol. The maximum Gasteiger partial charge on any atom is 0.223 e. The van der Waals surface area contributed by atoms with Crippen molar-refractivity contribution < 1.29 is 9.18 Å². The molecule has 166 valence electrons. The number of aromatic nitrogens is 2. The van der Waals surface area contributed by atoms with E-state index in [1.165, 1.54) is 25.7 Å². The first-order valence-electron chi connectivity index (χ1n) is 12.2. The molecule has 0 radical (unpaired) electrons. The largest absolute Gasteiger partial charge is 0.353 e. The Morgan fingerprint density at radius 2 is 1.93 bits per heavy atom. The number of nitrogens with zero attached hydrogens (tertiary/aromatic N) is 2. The van der Waals surface area contributed by atoms with Crippen molar-refractivity contribution in [2.24, 2.45) is 35.5 Å². The maximum absolute atomic E-state index is 13.8. The normalized spacial score (nSPS) is 37.3. The van der Waals surface area contributed by atoms with Crippen LogP contribution in [0.2, 0.25) is 0 Å². The van der Waals surface area contributed by atoms with Crippen molar-refractivity contribution in [3.8, 4) is 0 Å². The number of rotatable bonds is 7. The fourth-order valence-corrected chi connectivity index (χ4v) is 6.43. The Balaban J connectivity index is 1.28. The van der Waals surface area contributed by atoms with Crippen molar-refractivity contribution >= 4 is 5.91 Å². The van der Waals surface area contributed by atoms with E-state index in [0.717, 1.165) is 44.1 Å². The summed E-state index contributed by atoms with van der Waals surface area (Å²) < 4.78 is 16.0. The van der Waals surface area contributed by atoms with Gasteiger partial charge in [-0.2, -0.15) is 0 Å². The minimum Gasteiger partial charge on any atom is -0.353 e. The van der Waals surface area contributed by atoms with Crippen LogP contribution in [0.4, 0.5) is 4.39 Å². The highest BCUT2D eigenvalue weighted by atomic mass is 19.1. The fraction of sp³-hybridized carbons (Fsp3) is 0.833. The highest BCUT2D eigenvalue weighted by Crippen LogP contribution is 2.46. The summed E-state index contributed by atoms with van der Waals surface area (Å²) in [5.74, 6) is 3.26. The summed E-state index contributed by atoms with van der Waals surface area (Å²) >= 11 is 0. The Morgan fingerprint density at radius 3 is 2.57 bits per heavy atom. The molecule has 1 aromatic rings. The standard InChI is InChI=1S/C24H37FN4O/c1-15-21(6-7-22(25)27-15)19-10-16(13-29-9-8-26-14-29)11-20(12-19)24(30)28-23(17-2-3-17)18-4-5-18/h8-9,14-23,27H,2-7,10-13H2,1H3,(H,28,30). The number of carbonyl (C=O) groups is 1. The van der Waals surface area contributed by atoms with Crippen molar-refractivity contribution in [2.45, 2.75) is 89.6 Å². The second kappa shape index (κ2) is 8.60. The molecule has 0 bridgehead atoms. The molecule has 3 aliphatic carbocycles. The van der Waals surface area contributed by atoms with Crippen molar-refractivity contribution in [2.75, 3.05) is 0 Å². The van der Waals surface area contributed by atoms with Crippen LogP contribution in [0.1, 0.15) is 64.7 Å². The number of imidazole rings is 1. The van der Waals surface area contributed by atoms with Gasteiger partial charge in [-0.3, -0.25) is 10.1 Å². The first-order chi connectivity index (χ1) is 14.6. The van der Waals surface area contributed by atoms with E-state index in [9.17, 15) is 9.18 Å². The van der Waals surface area contributed by atoms with Crippen LogP contribution in [0.5, 0.6) is 0 Å². The Hall–Kier alpha value is -1.43. The molecule has 5 nitrogen and oxygen atoms in total. The van der Waals surface area contributed by atoms with Crippen LogP contribution in [0.15, 0.2) is 18.7 Å². The summed E-state index contributed by atoms with van der Waals surface area (Å²) in [5, 5.41) is 6.63. The summed E-state index contributed by atoms with van der Waals surface area (Å²) in [6.07, 6.45) is 14.6. The maximum atomic E-state index is 13.8. The molecule has 2 N–H and O–H groups in total. The number of amides is 1. The molecular formula is C24H37FN4O. The number of nitrogens with one attached hydrogen (secondary N) is 2. The SMILES string of the molecule is CC1NC(F)CCC1C1CC(Cn2ccnc2)CC(C(=O)NC(C2CC2)C2CC2)C1. The van der Waals surface area contributed by atoms with E-state index in [1.54, 1.807) is 0 Å². The second-order valence-corrected chi connectivity index (χ2v) is 10.7. The van der Waals surface area contributed by atoms with Crippen molar-refractivity contribution in [1.29, 1.82) is 0 Å². The topological polar surface area (TPSA) is 59.0 Å². The van der Waals surface area contributed by atoms with E-state index in [0.29, 0.717) is 36.1 Å². The lowest BCUT2D eigenvalue weighted by molar-refractivity contribution is -0.128. The van der Waals surface area contributed by atoms with Crippen LogP contribution in [-0.4, -0.2) is 33.8 Å². The molecule has 1 saturated heterocycles. The van der Waals surface area contributed by atoms with Crippen molar-refractivity contribution in [3.63, 3.8) is 0 Å². The van der Waals surface area contributed by atoms with E-state index in [1.807, 2.05) is 18.7 Å². The van der Waals surface area contributed by atoms with Crippen LogP contribution in [-0.2, 0) is 11.3 Å². The van der Waals surface area contributed by atoms with E-state index >= 15 is 0 Å². The van der Waals surface area contributed by atoms with E-state index in [4.69, 9.17) is 0 Å². The Morgan fingerprint density at radius 1 is 1.17 bits per heavy atom. The lowest BCUT2D eigenvalue weighted by Crippen LogP contribution is -2.49. The van der Waals surface area contributed by atoms with Gasteiger partial charge in [0, 0.05) is 36.9 Å². The minimum absolute atomic E-state index is 0.0903. The Labute approximate surface area is 179 Å². The Kier molecular flexibility index (Phi) is 5.87. The molecule has 6 unspecified atom stereocenters. The predicted molar refractivity (Wildman–Crippen MR) is 114 cm³/mol. The van der Waals surface area contributed by atoms with Gasteiger partial charge in [0.2, 0.25) is 5.91 Å². The number of alkyl halides is 1. The van der Waals surface area contributed by atoms with Gasteiger partial charge >= 0.3 is 0 Å². The van der Waals surface area contributed by atoms with Crippen LogP contribution in [0.3, 0.4) is 0 Å². The fourth-order valence-electron chi connectivity index (χ4n) is 6.43. The number of piperidine rings is 1. The highest BCUT2D eigenvalue weighted by Gasteiger charge is 2.45. The molecule has 4 aliphatic rings. The van der Waals surface area contributed by atoms with Gasteiger partial charge in [0.25, 0.3) is 0 Å². The smallest absolute Gasteiger partial charge is 0.223 e. The monoisotopic (exact) mass is 416 g/mol. The van der Waals surface area contributed by atoms with Crippen LogP contribution >= 0.6 is 0 Å². The number of hydrogen-bond acceptors (Lipinski definition) is 3. The molecule has 3 saturated carbocycles. The zero-order valence-corrected chi connectivity index (χ0v) is 18.2. The summed E-state index contributed by atoms with van der Waals surface area (Å²) in [7, 11) is 0. The first-order valence-corrected chi connectivity index (χ1v) is 12.2. The van der Waals surface area contributed by atoms with Gasteiger partial charge in [0.15, 0.2) is 6.30 Å². The third kappa shape index (κ3) is 4.74. The van der Waals surface area contributed by atoms with Gasteiger partial charge in [-0.15, -0.1) is 0 Å². The number of carbonyl (C=O) groups excluding carboxylic acids is 1. The predicted octanol–water partition coefficient (Wildman–Crippen LogP) is 3.90. The van der Waals surface area contributed by atoms with Crippen LogP contribution in [0, 0.1) is 35.5 Å². The molecule has 4 fully saturated rings. The molecular weight excluding hydrogens is 379 g/mol. The Bertz CT molecular complexity index is 705. The van der Waals surface area contributed by atoms with Gasteiger partial charge in [0.1, 0.15) is 0 Å². The third-order valence-corrected chi connectivity index (χ3v) is 8.25. The van der Waals surface area contributed by atoms with Crippen LogP contribution < -0.4 is 10.6 Å². The third-order valence-electron chi connectivity index (χ3n) is 8.25. The number of halogens is 1. The van der Waals surface area contributed by atoms with Gasteiger partial charge < -0.3 is 9.88 Å². The van der Waals surface area contributed by atoms with E-state index in [-0.39, 0.29) is 12.0 Å². The van der Waals surface area contributed by atoms with Crippen molar-refractivity contribution in [1.82, 2.24) is 20.2 Å². The summed E-state index contributed by atoms with van der Waals surface area (Å²) in [5.41, 5.74) is 0. The average Bonchev–Trinajstić information content (AvgIpc) is 3.65.